The Morgan fingerprint density at radius 1 is 1.12 bits per heavy atom. The van der Waals surface area contributed by atoms with Crippen molar-refractivity contribution in [3.05, 3.63) is 62.5 Å². The Kier molecular flexibility index (Phi) is 5.43. The van der Waals surface area contributed by atoms with E-state index in [2.05, 4.69) is 37.0 Å². The molecule has 1 amide bonds. The molecule has 1 atom stereocenters. The van der Waals surface area contributed by atoms with E-state index in [4.69, 9.17) is 9.47 Å². The molecule has 0 bridgehead atoms. The van der Waals surface area contributed by atoms with Crippen LogP contribution in [0.5, 0.6) is 5.75 Å². The Hall–Kier alpha value is -2.19. The van der Waals surface area contributed by atoms with Crippen molar-refractivity contribution >= 4 is 49.6 Å². The van der Waals surface area contributed by atoms with Gasteiger partial charge in [-0.2, -0.15) is 5.01 Å². The molecule has 26 heavy (non-hydrogen) atoms. The summed E-state index contributed by atoms with van der Waals surface area (Å²) in [6.45, 7) is 2.73. The number of esters is 1. The number of carbonyl (C=O) groups excluding carboxylic acids is 2. The smallest absolute Gasteiger partial charge is 0.308 e. The quantitative estimate of drug-likeness (QED) is 0.482. The lowest BCUT2D eigenvalue weighted by atomic mass is 10.2. The molecule has 0 spiro atoms. The molecule has 3 rings (SSSR count). The van der Waals surface area contributed by atoms with Crippen molar-refractivity contribution in [1.82, 2.24) is 5.01 Å². The average molecular weight is 482 g/mol. The topological polar surface area (TPSA) is 68.2 Å². The molecule has 0 unspecified atom stereocenters. The number of hydrazone groups is 1. The summed E-state index contributed by atoms with van der Waals surface area (Å²) in [5.74, 6) is -0.228. The Labute approximate surface area is 167 Å². The van der Waals surface area contributed by atoms with E-state index in [9.17, 15) is 9.59 Å². The number of ether oxygens (including phenoxy) is 2. The van der Waals surface area contributed by atoms with E-state index < -0.39 is 12.2 Å². The number of amides is 1. The zero-order valence-electron chi connectivity index (χ0n) is 13.9. The summed E-state index contributed by atoms with van der Waals surface area (Å²) in [7, 11) is 0. The molecule has 0 fully saturated rings. The first-order chi connectivity index (χ1) is 12.3. The fourth-order valence-corrected chi connectivity index (χ4v) is 3.24. The lowest BCUT2D eigenvalue weighted by molar-refractivity contribution is -0.135. The number of benzene rings is 2. The molecule has 2 aromatic carbocycles. The van der Waals surface area contributed by atoms with E-state index in [1.807, 2.05) is 24.3 Å². The molecule has 2 aromatic rings. The number of nitrogens with zero attached hydrogens (tertiary/aromatic N) is 2. The fourth-order valence-electron chi connectivity index (χ4n) is 2.47. The van der Waals surface area contributed by atoms with Gasteiger partial charge in [-0.1, -0.05) is 44.0 Å². The summed E-state index contributed by atoms with van der Waals surface area (Å²) in [6.07, 6.45) is -0.704. The Morgan fingerprint density at radius 2 is 1.85 bits per heavy atom. The van der Waals surface area contributed by atoms with Gasteiger partial charge in [0.15, 0.2) is 0 Å². The summed E-state index contributed by atoms with van der Waals surface area (Å²) in [5.41, 5.74) is 1.23. The molecular formula is C18H14Br2N2O4. The van der Waals surface area contributed by atoms with E-state index >= 15 is 0 Å². The number of rotatable bonds is 3. The van der Waals surface area contributed by atoms with Crippen LogP contribution < -0.4 is 4.74 Å². The highest BCUT2D eigenvalue weighted by molar-refractivity contribution is 9.10. The number of hydrogen-bond donors (Lipinski definition) is 0. The van der Waals surface area contributed by atoms with Gasteiger partial charge in [-0.25, -0.2) is 0 Å². The second-order valence-electron chi connectivity index (χ2n) is 5.53. The van der Waals surface area contributed by atoms with E-state index in [1.54, 1.807) is 18.2 Å². The highest BCUT2D eigenvalue weighted by atomic mass is 79.9. The van der Waals surface area contributed by atoms with Crippen LogP contribution in [-0.4, -0.2) is 22.8 Å². The first-order valence-electron chi connectivity index (χ1n) is 7.64. The van der Waals surface area contributed by atoms with Gasteiger partial charge in [0, 0.05) is 28.4 Å². The van der Waals surface area contributed by atoms with Gasteiger partial charge in [-0.05, 0) is 30.3 Å². The van der Waals surface area contributed by atoms with Gasteiger partial charge in [0.25, 0.3) is 0 Å². The molecule has 0 saturated heterocycles. The molecule has 0 radical (unpaired) electrons. The second kappa shape index (κ2) is 7.59. The summed E-state index contributed by atoms with van der Waals surface area (Å²) in [5, 5.41) is 5.56. The fraction of sp³-hybridized carbons (Fsp3) is 0.167. The third-order valence-electron chi connectivity index (χ3n) is 3.53. The van der Waals surface area contributed by atoms with Crippen LogP contribution in [0.15, 0.2) is 56.5 Å². The van der Waals surface area contributed by atoms with Crippen molar-refractivity contribution in [2.75, 3.05) is 0 Å². The maximum absolute atomic E-state index is 12.1. The first-order valence-corrected chi connectivity index (χ1v) is 9.22. The summed E-state index contributed by atoms with van der Waals surface area (Å²) >= 11 is 6.80. The van der Waals surface area contributed by atoms with Crippen LogP contribution in [0.1, 0.15) is 31.2 Å². The third-order valence-corrected chi connectivity index (χ3v) is 4.51. The predicted molar refractivity (Wildman–Crippen MR) is 102 cm³/mol. The molecule has 0 aromatic heterocycles. The van der Waals surface area contributed by atoms with Gasteiger partial charge in [-0.15, -0.1) is 5.10 Å². The Balaban J connectivity index is 2.02. The van der Waals surface area contributed by atoms with Crippen molar-refractivity contribution in [2.24, 2.45) is 5.10 Å². The van der Waals surface area contributed by atoms with Gasteiger partial charge in [0.2, 0.25) is 18.0 Å². The standard InChI is InChI=1S/C18H14Br2N2O4/c1-10(23)22-18(12-4-3-5-13(19)8-12)26-17(21-22)15-9-14(20)6-7-16(15)25-11(2)24/h3-9,18H,1-2H3/t18-/m1/s1. The number of hydrogen-bond acceptors (Lipinski definition) is 5. The van der Waals surface area contributed by atoms with Crippen molar-refractivity contribution in [3.8, 4) is 5.75 Å². The zero-order chi connectivity index (χ0) is 18.8. The normalized spacial score (nSPS) is 16.1. The van der Waals surface area contributed by atoms with E-state index in [0.717, 1.165) is 14.5 Å². The van der Waals surface area contributed by atoms with Crippen LogP contribution in [0, 0.1) is 0 Å². The highest BCUT2D eigenvalue weighted by Gasteiger charge is 2.34. The molecular weight excluding hydrogens is 468 g/mol. The van der Waals surface area contributed by atoms with Crippen LogP contribution in [0.25, 0.3) is 0 Å². The summed E-state index contributed by atoms with van der Waals surface area (Å²) < 4.78 is 12.8. The van der Waals surface area contributed by atoms with Crippen LogP contribution in [0.4, 0.5) is 0 Å². The maximum atomic E-state index is 12.1. The highest BCUT2D eigenvalue weighted by Crippen LogP contribution is 2.34. The second-order valence-corrected chi connectivity index (χ2v) is 7.36. The number of halogens is 2. The lowest BCUT2D eigenvalue weighted by Gasteiger charge is -2.19. The molecule has 1 aliphatic heterocycles. The van der Waals surface area contributed by atoms with Crippen LogP contribution in [0.3, 0.4) is 0 Å². The minimum absolute atomic E-state index is 0.197. The molecule has 0 aliphatic carbocycles. The largest absolute Gasteiger partial charge is 0.446 e. The van der Waals surface area contributed by atoms with Crippen LogP contribution in [0.2, 0.25) is 0 Å². The first kappa shape index (κ1) is 18.6. The minimum Gasteiger partial charge on any atom is -0.446 e. The third kappa shape index (κ3) is 3.96. The van der Waals surface area contributed by atoms with Gasteiger partial charge in [0.05, 0.1) is 5.56 Å². The monoisotopic (exact) mass is 480 g/mol. The van der Waals surface area contributed by atoms with E-state index in [1.165, 1.54) is 18.9 Å². The SMILES string of the molecule is CC(=O)Oc1ccc(Br)cc1C1=NN(C(C)=O)[C@@H](c2cccc(Br)c2)O1. The van der Waals surface area contributed by atoms with Gasteiger partial charge in [-0.3, -0.25) is 9.59 Å². The molecule has 8 heteroatoms. The number of carbonyl (C=O) groups is 2. The summed E-state index contributed by atoms with van der Waals surface area (Å²) in [6, 6.07) is 12.5. The average Bonchev–Trinajstić information content (AvgIpc) is 3.01. The van der Waals surface area contributed by atoms with Crippen molar-refractivity contribution in [3.63, 3.8) is 0 Å². The zero-order valence-corrected chi connectivity index (χ0v) is 17.1. The van der Waals surface area contributed by atoms with Crippen LogP contribution in [-0.2, 0) is 14.3 Å². The van der Waals surface area contributed by atoms with E-state index in [-0.39, 0.29) is 11.8 Å². The molecule has 6 nitrogen and oxygen atoms in total. The molecule has 1 aliphatic rings. The molecule has 0 N–H and O–H groups in total. The Bertz CT molecular complexity index is 914. The van der Waals surface area contributed by atoms with E-state index in [0.29, 0.717) is 11.3 Å². The van der Waals surface area contributed by atoms with Crippen molar-refractivity contribution in [2.45, 2.75) is 20.1 Å². The van der Waals surface area contributed by atoms with Crippen LogP contribution >= 0.6 is 31.9 Å². The Morgan fingerprint density at radius 3 is 2.50 bits per heavy atom. The van der Waals surface area contributed by atoms with Gasteiger partial charge < -0.3 is 9.47 Å². The molecule has 0 saturated carbocycles. The maximum Gasteiger partial charge on any atom is 0.308 e. The molecule has 134 valence electrons. The van der Waals surface area contributed by atoms with Crippen molar-refractivity contribution < 1.29 is 19.1 Å². The molecule has 1 heterocycles. The van der Waals surface area contributed by atoms with Crippen molar-refractivity contribution in [1.29, 1.82) is 0 Å². The van der Waals surface area contributed by atoms with Gasteiger partial charge in [0.1, 0.15) is 5.75 Å². The predicted octanol–water partition coefficient (Wildman–Crippen LogP) is 4.38. The summed E-state index contributed by atoms with van der Waals surface area (Å²) in [4.78, 5) is 23.4. The van der Waals surface area contributed by atoms with Gasteiger partial charge >= 0.3 is 5.97 Å². The minimum atomic E-state index is -0.704. The lowest BCUT2D eigenvalue weighted by Crippen LogP contribution is -2.25.